The van der Waals surface area contributed by atoms with Crippen molar-refractivity contribution in [2.75, 3.05) is 0 Å². The summed E-state index contributed by atoms with van der Waals surface area (Å²) in [7, 11) is 0. The molecule has 1 N–H and O–H groups in total. The van der Waals surface area contributed by atoms with Crippen LogP contribution in [0.1, 0.15) is 24.2 Å². The Labute approximate surface area is 127 Å². The van der Waals surface area contributed by atoms with E-state index < -0.39 is 5.82 Å². The number of amides is 1. The quantitative estimate of drug-likeness (QED) is 0.923. The average Bonchev–Trinajstić information content (AvgIpc) is 2.90. The van der Waals surface area contributed by atoms with Gasteiger partial charge >= 0.3 is 0 Å². The van der Waals surface area contributed by atoms with Crippen LogP contribution in [0.15, 0.2) is 30.6 Å². The molecular formula is C14H16ClFN4O. The second-order valence-corrected chi connectivity index (χ2v) is 5.44. The van der Waals surface area contributed by atoms with Gasteiger partial charge in [0.2, 0.25) is 0 Å². The van der Waals surface area contributed by atoms with E-state index >= 15 is 0 Å². The van der Waals surface area contributed by atoms with Crippen LogP contribution in [0.25, 0.3) is 0 Å². The maximum atomic E-state index is 13.0. The van der Waals surface area contributed by atoms with Crippen LogP contribution in [0.2, 0.25) is 5.02 Å². The SMILES string of the molecule is CC(C)C(Cn1nccn1)NC(=O)c1ccc(F)cc1Cl. The number of carbonyl (C=O) groups excluding carboxylic acids is 1. The lowest BCUT2D eigenvalue weighted by Crippen LogP contribution is -2.42. The molecular weight excluding hydrogens is 295 g/mol. The predicted octanol–water partition coefficient (Wildman–Crippen LogP) is 2.53. The number of rotatable bonds is 5. The highest BCUT2D eigenvalue weighted by Gasteiger charge is 2.20. The topological polar surface area (TPSA) is 59.8 Å². The number of hydrogen-bond acceptors (Lipinski definition) is 3. The second kappa shape index (κ2) is 6.67. The Balaban J connectivity index is 2.11. The lowest BCUT2D eigenvalue weighted by atomic mass is 10.0. The molecule has 5 nitrogen and oxygen atoms in total. The minimum absolute atomic E-state index is 0.0900. The summed E-state index contributed by atoms with van der Waals surface area (Å²) >= 11 is 5.90. The lowest BCUT2D eigenvalue weighted by Gasteiger charge is -2.22. The monoisotopic (exact) mass is 310 g/mol. The zero-order valence-electron chi connectivity index (χ0n) is 11.8. The van der Waals surface area contributed by atoms with Gasteiger partial charge in [0.1, 0.15) is 5.82 Å². The number of nitrogens with one attached hydrogen (secondary N) is 1. The summed E-state index contributed by atoms with van der Waals surface area (Å²) in [5.41, 5.74) is 0.247. The smallest absolute Gasteiger partial charge is 0.253 e. The Morgan fingerprint density at radius 1 is 1.38 bits per heavy atom. The summed E-state index contributed by atoms with van der Waals surface area (Å²) in [6, 6.07) is 3.54. The first kappa shape index (κ1) is 15.4. The van der Waals surface area contributed by atoms with Gasteiger partial charge in [0.25, 0.3) is 5.91 Å². The second-order valence-electron chi connectivity index (χ2n) is 5.03. The molecule has 1 atom stereocenters. The van der Waals surface area contributed by atoms with Crippen molar-refractivity contribution in [1.29, 1.82) is 0 Å². The molecule has 0 fully saturated rings. The molecule has 0 saturated heterocycles. The van der Waals surface area contributed by atoms with E-state index in [1.807, 2.05) is 13.8 Å². The molecule has 0 bridgehead atoms. The molecule has 7 heteroatoms. The van der Waals surface area contributed by atoms with Crippen LogP contribution in [0.4, 0.5) is 4.39 Å². The van der Waals surface area contributed by atoms with Gasteiger partial charge in [-0.2, -0.15) is 15.0 Å². The number of hydrogen-bond donors (Lipinski definition) is 1. The molecule has 2 aromatic rings. The Bertz CT molecular complexity index is 615. The van der Waals surface area contributed by atoms with Gasteiger partial charge in [0.15, 0.2) is 0 Å². The molecule has 21 heavy (non-hydrogen) atoms. The highest BCUT2D eigenvalue weighted by molar-refractivity contribution is 6.33. The largest absolute Gasteiger partial charge is 0.347 e. The number of carbonyl (C=O) groups is 1. The Kier molecular flexibility index (Phi) is 4.90. The van der Waals surface area contributed by atoms with E-state index in [2.05, 4.69) is 15.5 Å². The first-order valence-electron chi connectivity index (χ1n) is 6.57. The van der Waals surface area contributed by atoms with Gasteiger partial charge in [0, 0.05) is 0 Å². The fourth-order valence-electron chi connectivity index (χ4n) is 1.86. The van der Waals surface area contributed by atoms with Crippen LogP contribution in [-0.2, 0) is 6.54 Å². The summed E-state index contributed by atoms with van der Waals surface area (Å²) < 4.78 is 13.0. The summed E-state index contributed by atoms with van der Waals surface area (Å²) in [6.45, 7) is 4.43. The van der Waals surface area contributed by atoms with Gasteiger partial charge < -0.3 is 5.32 Å². The molecule has 1 amide bonds. The minimum Gasteiger partial charge on any atom is -0.347 e. The number of halogens is 2. The molecule has 0 aliphatic heterocycles. The van der Waals surface area contributed by atoms with Crippen LogP contribution in [0, 0.1) is 11.7 Å². The van der Waals surface area contributed by atoms with Crippen LogP contribution >= 0.6 is 11.6 Å². The van der Waals surface area contributed by atoms with E-state index in [9.17, 15) is 9.18 Å². The Morgan fingerprint density at radius 2 is 2.05 bits per heavy atom. The normalized spacial score (nSPS) is 12.4. The Hall–Kier alpha value is -1.95. The van der Waals surface area contributed by atoms with Gasteiger partial charge in [-0.05, 0) is 24.1 Å². The van der Waals surface area contributed by atoms with E-state index in [0.29, 0.717) is 6.54 Å². The minimum atomic E-state index is -0.474. The first-order valence-corrected chi connectivity index (χ1v) is 6.95. The summed E-state index contributed by atoms with van der Waals surface area (Å²) in [6.07, 6.45) is 3.16. The Morgan fingerprint density at radius 3 is 2.62 bits per heavy atom. The van der Waals surface area contributed by atoms with Gasteiger partial charge in [-0.15, -0.1) is 0 Å². The number of aromatic nitrogens is 3. The van der Waals surface area contributed by atoms with E-state index in [0.717, 1.165) is 6.07 Å². The van der Waals surface area contributed by atoms with E-state index in [-0.39, 0.29) is 28.5 Å². The molecule has 1 heterocycles. The van der Waals surface area contributed by atoms with Crippen LogP contribution in [-0.4, -0.2) is 26.9 Å². The third-order valence-electron chi connectivity index (χ3n) is 3.12. The number of nitrogens with zero attached hydrogens (tertiary/aromatic N) is 3. The maximum absolute atomic E-state index is 13.0. The van der Waals surface area contributed by atoms with E-state index in [4.69, 9.17) is 11.6 Å². The molecule has 0 spiro atoms. The third kappa shape index (κ3) is 4.01. The average molecular weight is 311 g/mol. The van der Waals surface area contributed by atoms with Crippen molar-refractivity contribution < 1.29 is 9.18 Å². The molecule has 0 aliphatic rings. The maximum Gasteiger partial charge on any atom is 0.253 e. The first-order chi connectivity index (χ1) is 9.97. The molecule has 112 valence electrons. The van der Waals surface area contributed by atoms with Gasteiger partial charge in [-0.3, -0.25) is 4.79 Å². The van der Waals surface area contributed by atoms with Crippen molar-refractivity contribution in [1.82, 2.24) is 20.3 Å². The third-order valence-corrected chi connectivity index (χ3v) is 3.44. The lowest BCUT2D eigenvalue weighted by molar-refractivity contribution is 0.0918. The predicted molar refractivity (Wildman–Crippen MR) is 77.5 cm³/mol. The number of benzene rings is 1. The fourth-order valence-corrected chi connectivity index (χ4v) is 2.11. The van der Waals surface area contributed by atoms with Crippen molar-refractivity contribution >= 4 is 17.5 Å². The highest BCUT2D eigenvalue weighted by Crippen LogP contribution is 2.17. The van der Waals surface area contributed by atoms with Crippen molar-refractivity contribution in [2.45, 2.75) is 26.4 Å². The molecule has 0 aliphatic carbocycles. The van der Waals surface area contributed by atoms with Crippen molar-refractivity contribution in [3.63, 3.8) is 0 Å². The molecule has 1 unspecified atom stereocenters. The van der Waals surface area contributed by atoms with E-state index in [1.165, 1.54) is 16.9 Å². The van der Waals surface area contributed by atoms with Gasteiger partial charge in [-0.25, -0.2) is 4.39 Å². The molecule has 2 rings (SSSR count). The van der Waals surface area contributed by atoms with E-state index in [1.54, 1.807) is 12.4 Å². The molecule has 0 radical (unpaired) electrons. The van der Waals surface area contributed by atoms with Crippen LogP contribution in [0.3, 0.4) is 0 Å². The van der Waals surface area contributed by atoms with Crippen molar-refractivity contribution in [2.24, 2.45) is 5.92 Å². The summed E-state index contributed by atoms with van der Waals surface area (Å²) in [5, 5.41) is 11.0. The summed E-state index contributed by atoms with van der Waals surface area (Å²) in [4.78, 5) is 13.8. The van der Waals surface area contributed by atoms with Gasteiger partial charge in [-0.1, -0.05) is 25.4 Å². The molecule has 1 aromatic heterocycles. The highest BCUT2D eigenvalue weighted by atomic mass is 35.5. The fraction of sp³-hybridized carbons (Fsp3) is 0.357. The van der Waals surface area contributed by atoms with Crippen LogP contribution in [0.5, 0.6) is 0 Å². The molecule has 0 saturated carbocycles. The zero-order chi connectivity index (χ0) is 15.4. The van der Waals surface area contributed by atoms with Crippen molar-refractivity contribution in [3.8, 4) is 0 Å². The standard InChI is InChI=1S/C14H16ClFN4O/c1-9(2)13(8-20-17-5-6-18-20)19-14(21)11-4-3-10(16)7-12(11)15/h3-7,9,13H,8H2,1-2H3,(H,19,21). The summed E-state index contributed by atoms with van der Waals surface area (Å²) in [5.74, 6) is -0.636. The van der Waals surface area contributed by atoms with Gasteiger partial charge in [0.05, 0.1) is 35.6 Å². The van der Waals surface area contributed by atoms with Crippen LogP contribution < -0.4 is 5.32 Å². The molecule has 1 aromatic carbocycles. The van der Waals surface area contributed by atoms with Crippen molar-refractivity contribution in [3.05, 3.63) is 47.0 Å². The zero-order valence-corrected chi connectivity index (χ0v) is 12.5.